The van der Waals surface area contributed by atoms with Gasteiger partial charge in [-0.3, -0.25) is 4.52 Å². The van der Waals surface area contributed by atoms with Crippen LogP contribution < -0.4 is 9.42 Å². The Morgan fingerprint density at radius 2 is 1.38 bits per heavy atom. The summed E-state index contributed by atoms with van der Waals surface area (Å²) in [7, 11) is -2.91. The van der Waals surface area contributed by atoms with E-state index in [2.05, 4.69) is 32.0 Å². The average molecular weight is 338 g/mol. The van der Waals surface area contributed by atoms with Crippen molar-refractivity contribution in [3.63, 3.8) is 0 Å². The lowest BCUT2D eigenvalue weighted by molar-refractivity contribution is -0.178. The topological polar surface area (TPSA) is 49.4 Å². The Morgan fingerprint density at radius 3 is 1.96 bits per heavy atom. The van der Waals surface area contributed by atoms with Crippen molar-refractivity contribution in [2.75, 3.05) is 0 Å². The molecular weight excluding hydrogens is 319 g/mol. The summed E-state index contributed by atoms with van der Waals surface area (Å²) in [6, 6.07) is 17.8. The van der Waals surface area contributed by atoms with E-state index in [-0.39, 0.29) is 0 Å². The minimum absolute atomic E-state index is 0.381. The monoisotopic (exact) mass is 338 g/mol. The van der Waals surface area contributed by atoms with E-state index in [1.165, 1.54) is 12.8 Å². The molecule has 0 saturated carbocycles. The second-order valence-electron chi connectivity index (χ2n) is 5.73. The first-order valence-electron chi connectivity index (χ1n) is 8.14. The highest BCUT2D eigenvalue weighted by molar-refractivity contribution is 7.31. The SMILES string of the molecule is CCCC.O=[P+]([O-])Oc1ccc2ccc3cccc4ccc1c2c34. The molecule has 0 fully saturated rings. The normalized spacial score (nSPS) is 11.5. The number of hydrogen-bond donors (Lipinski definition) is 0. The zero-order valence-electron chi connectivity index (χ0n) is 13.8. The number of benzene rings is 4. The minimum atomic E-state index is -2.91. The Morgan fingerprint density at radius 1 is 0.833 bits per heavy atom. The van der Waals surface area contributed by atoms with Crippen LogP contribution >= 0.6 is 8.25 Å². The Kier molecular flexibility index (Phi) is 4.94. The maximum atomic E-state index is 10.8. The second kappa shape index (κ2) is 7.12. The molecule has 0 spiro atoms. The van der Waals surface area contributed by atoms with Gasteiger partial charge in [-0.25, -0.2) is 0 Å². The van der Waals surface area contributed by atoms with Gasteiger partial charge in [0.05, 0.1) is 0 Å². The molecule has 0 radical (unpaired) electrons. The van der Waals surface area contributed by atoms with Gasteiger partial charge >= 0.3 is 8.25 Å². The van der Waals surface area contributed by atoms with Gasteiger partial charge in [0.15, 0.2) is 5.75 Å². The summed E-state index contributed by atoms with van der Waals surface area (Å²) < 4.78 is 15.8. The average Bonchev–Trinajstić information content (AvgIpc) is 2.61. The van der Waals surface area contributed by atoms with Gasteiger partial charge in [0.2, 0.25) is 0 Å². The lowest BCUT2D eigenvalue weighted by Gasteiger charge is -2.11. The maximum absolute atomic E-state index is 10.8. The highest BCUT2D eigenvalue weighted by Gasteiger charge is 2.14. The van der Waals surface area contributed by atoms with E-state index in [1.807, 2.05) is 30.3 Å². The number of unbranched alkanes of at least 4 members (excludes halogenated alkanes) is 1. The fourth-order valence-corrected chi connectivity index (χ4v) is 3.19. The first-order valence-corrected chi connectivity index (χ1v) is 9.24. The molecule has 0 aliphatic carbocycles. The summed E-state index contributed by atoms with van der Waals surface area (Å²) >= 11 is 0. The molecule has 24 heavy (non-hydrogen) atoms. The highest BCUT2D eigenvalue weighted by atomic mass is 31.1. The lowest BCUT2D eigenvalue weighted by Crippen LogP contribution is -1.94. The van der Waals surface area contributed by atoms with Crippen LogP contribution in [0.1, 0.15) is 26.7 Å². The van der Waals surface area contributed by atoms with Gasteiger partial charge < -0.3 is 4.89 Å². The summed E-state index contributed by atoms with van der Waals surface area (Å²) in [5, 5.41) is 6.39. The molecule has 4 rings (SSSR count). The third-order valence-corrected chi connectivity index (χ3v) is 4.51. The van der Waals surface area contributed by atoms with E-state index in [4.69, 9.17) is 4.52 Å². The third-order valence-electron chi connectivity index (χ3n) is 4.16. The van der Waals surface area contributed by atoms with Crippen LogP contribution in [0.3, 0.4) is 0 Å². The molecule has 1 atom stereocenters. The quantitative estimate of drug-likeness (QED) is 0.351. The van der Waals surface area contributed by atoms with Gasteiger partial charge in [-0.15, -0.1) is 0 Å². The predicted octanol–water partition coefficient (Wildman–Crippen LogP) is 5.79. The number of rotatable bonds is 3. The van der Waals surface area contributed by atoms with Crippen molar-refractivity contribution >= 4 is 40.6 Å². The van der Waals surface area contributed by atoms with Crippen molar-refractivity contribution in [1.29, 1.82) is 0 Å². The van der Waals surface area contributed by atoms with Crippen LogP contribution in [0.5, 0.6) is 5.75 Å². The summed E-state index contributed by atoms with van der Waals surface area (Å²) in [6.07, 6.45) is 2.64. The fraction of sp³-hybridized carbons (Fsp3) is 0.200. The van der Waals surface area contributed by atoms with E-state index in [9.17, 15) is 9.46 Å². The molecule has 3 nitrogen and oxygen atoms in total. The fourth-order valence-electron chi connectivity index (χ4n) is 2.87. The molecular formula is C20H19O3P. The number of hydrogen-bond acceptors (Lipinski definition) is 3. The van der Waals surface area contributed by atoms with E-state index in [0.717, 1.165) is 32.3 Å². The highest BCUT2D eigenvalue weighted by Crippen LogP contribution is 2.39. The van der Waals surface area contributed by atoms with Gasteiger partial charge in [0.1, 0.15) is 0 Å². The van der Waals surface area contributed by atoms with Gasteiger partial charge in [-0.1, -0.05) is 69.2 Å². The molecule has 122 valence electrons. The first-order chi connectivity index (χ1) is 11.7. The van der Waals surface area contributed by atoms with Gasteiger partial charge in [-0.05, 0) is 38.2 Å². The molecule has 0 amide bonds. The summed E-state index contributed by atoms with van der Waals surface area (Å²) in [5.74, 6) is 0.381. The van der Waals surface area contributed by atoms with E-state index in [0.29, 0.717) is 5.75 Å². The zero-order chi connectivity index (χ0) is 17.1. The molecule has 0 aromatic heterocycles. The second-order valence-corrected chi connectivity index (χ2v) is 6.36. The van der Waals surface area contributed by atoms with Crippen molar-refractivity contribution in [2.24, 2.45) is 0 Å². The largest absolute Gasteiger partial charge is 0.558 e. The Balaban J connectivity index is 0.000000383. The van der Waals surface area contributed by atoms with Gasteiger partial charge in [0.25, 0.3) is 0 Å². The molecule has 0 bridgehead atoms. The van der Waals surface area contributed by atoms with E-state index in [1.54, 1.807) is 6.07 Å². The molecule has 0 heterocycles. The van der Waals surface area contributed by atoms with Gasteiger partial charge in [-0.2, -0.15) is 0 Å². The smallest absolute Gasteiger partial charge is 0.539 e. The van der Waals surface area contributed by atoms with Gasteiger partial charge in [0, 0.05) is 10.8 Å². The van der Waals surface area contributed by atoms with Crippen LogP contribution in [0.15, 0.2) is 54.6 Å². The minimum Gasteiger partial charge on any atom is -0.558 e. The van der Waals surface area contributed by atoms with Crippen LogP contribution in [0.25, 0.3) is 32.3 Å². The van der Waals surface area contributed by atoms with Crippen molar-refractivity contribution < 1.29 is 14.0 Å². The zero-order valence-corrected chi connectivity index (χ0v) is 14.7. The van der Waals surface area contributed by atoms with Crippen LogP contribution in [-0.4, -0.2) is 0 Å². The lowest BCUT2D eigenvalue weighted by atomic mass is 9.94. The van der Waals surface area contributed by atoms with E-state index >= 15 is 0 Å². The molecule has 1 unspecified atom stereocenters. The summed E-state index contributed by atoms with van der Waals surface area (Å²) in [4.78, 5) is 10.8. The first kappa shape index (κ1) is 16.6. The third kappa shape index (κ3) is 3.06. The molecule has 4 aromatic rings. The molecule has 4 heteroatoms. The summed E-state index contributed by atoms with van der Waals surface area (Å²) in [5.41, 5.74) is 0. The van der Waals surface area contributed by atoms with Crippen molar-refractivity contribution in [3.05, 3.63) is 54.6 Å². The van der Waals surface area contributed by atoms with Crippen LogP contribution in [0.4, 0.5) is 0 Å². The van der Waals surface area contributed by atoms with Crippen LogP contribution in [0, 0.1) is 0 Å². The Bertz CT molecular complexity index is 976. The molecule has 0 aliphatic heterocycles. The predicted molar refractivity (Wildman–Crippen MR) is 99.0 cm³/mol. The Labute approximate surface area is 142 Å². The van der Waals surface area contributed by atoms with Crippen molar-refractivity contribution in [2.45, 2.75) is 26.7 Å². The molecule has 0 N–H and O–H groups in total. The van der Waals surface area contributed by atoms with E-state index < -0.39 is 8.25 Å². The molecule has 0 saturated heterocycles. The van der Waals surface area contributed by atoms with Crippen LogP contribution in [0.2, 0.25) is 0 Å². The van der Waals surface area contributed by atoms with Crippen molar-refractivity contribution in [1.82, 2.24) is 0 Å². The maximum Gasteiger partial charge on any atom is 0.539 e. The van der Waals surface area contributed by atoms with Crippen molar-refractivity contribution in [3.8, 4) is 5.75 Å². The molecule has 0 aliphatic rings. The standard InChI is InChI=1S/C16H9O3P.C4H10/c17-20(18)19-14-9-7-12-5-4-10-2-1-3-11-6-8-13(14)16(12)15(10)11;1-3-4-2/h1-9H;3-4H2,1-2H3. The Hall–Kier alpha value is -2.22. The summed E-state index contributed by atoms with van der Waals surface area (Å²) in [6.45, 7) is 4.36. The van der Waals surface area contributed by atoms with Crippen LogP contribution in [-0.2, 0) is 4.57 Å². The molecule has 4 aromatic carbocycles.